The number of halogens is 3. The fourth-order valence-electron chi connectivity index (χ4n) is 2.46. The van der Waals surface area contributed by atoms with Crippen molar-refractivity contribution in [3.8, 4) is 11.4 Å². The molecule has 1 unspecified atom stereocenters. The van der Waals surface area contributed by atoms with Crippen LogP contribution >= 0.6 is 0 Å². The minimum absolute atomic E-state index is 0.0524. The van der Waals surface area contributed by atoms with Crippen LogP contribution in [0.5, 0.6) is 0 Å². The Morgan fingerprint density at radius 1 is 1.17 bits per heavy atom. The van der Waals surface area contributed by atoms with Gasteiger partial charge in [0.2, 0.25) is 6.10 Å². The van der Waals surface area contributed by atoms with Crippen LogP contribution in [0.2, 0.25) is 0 Å². The van der Waals surface area contributed by atoms with E-state index in [1.807, 2.05) is 30.3 Å². The Balaban J connectivity index is 1.81. The van der Waals surface area contributed by atoms with Crippen molar-refractivity contribution < 1.29 is 23.1 Å². The monoisotopic (exact) mass is 326 g/mol. The molecule has 1 N–H and O–H groups in total. The number of fused-ring (bicyclic) bond motifs is 1. The summed E-state index contributed by atoms with van der Waals surface area (Å²) < 4.78 is 39.1. The fourth-order valence-corrected chi connectivity index (χ4v) is 2.46. The van der Waals surface area contributed by atoms with E-state index in [9.17, 15) is 18.0 Å². The molecule has 1 aromatic carbocycles. The van der Waals surface area contributed by atoms with Gasteiger partial charge in [-0.15, -0.1) is 10.2 Å². The van der Waals surface area contributed by atoms with Crippen molar-refractivity contribution in [2.45, 2.75) is 25.4 Å². The number of aliphatic hydroxyl groups is 1. The molecule has 1 aliphatic heterocycles. The molecule has 0 aliphatic carbocycles. The Bertz CT molecular complexity index is 715. The molecule has 3 rings (SSSR count). The summed E-state index contributed by atoms with van der Waals surface area (Å²) in [5, 5.41) is 17.1. The van der Waals surface area contributed by atoms with Gasteiger partial charge in [-0.25, -0.2) is 0 Å². The molecule has 0 fully saturated rings. The summed E-state index contributed by atoms with van der Waals surface area (Å²) in [6, 6.07) is 9.24. The van der Waals surface area contributed by atoms with Crippen molar-refractivity contribution in [3.05, 3.63) is 36.2 Å². The molecule has 1 amide bonds. The number of hydrogen-bond acceptors (Lipinski definition) is 4. The maximum Gasteiger partial charge on any atom is 0.423 e. The van der Waals surface area contributed by atoms with Crippen LogP contribution in [0.4, 0.5) is 13.2 Å². The maximum atomic E-state index is 12.4. The lowest BCUT2D eigenvalue weighted by atomic mass is 10.2. The van der Waals surface area contributed by atoms with E-state index >= 15 is 0 Å². The number of benzene rings is 1. The van der Waals surface area contributed by atoms with Crippen LogP contribution in [0, 0.1) is 0 Å². The lowest BCUT2D eigenvalue weighted by molar-refractivity contribution is -0.211. The Hall–Kier alpha value is -2.42. The number of nitrogens with zero attached hydrogens (tertiary/aromatic N) is 4. The van der Waals surface area contributed by atoms with Crippen LogP contribution in [0.3, 0.4) is 0 Å². The SMILES string of the molecule is O=C(C(O)C(F)(F)F)N1CCn2c(nnc2-c2ccccc2)C1. The number of carbonyl (C=O) groups is 1. The second kappa shape index (κ2) is 5.65. The van der Waals surface area contributed by atoms with Crippen LogP contribution < -0.4 is 0 Å². The van der Waals surface area contributed by atoms with Crippen molar-refractivity contribution >= 4 is 5.91 Å². The van der Waals surface area contributed by atoms with E-state index in [-0.39, 0.29) is 19.6 Å². The third kappa shape index (κ3) is 2.91. The lowest BCUT2D eigenvalue weighted by Crippen LogP contribution is -2.49. The number of aliphatic hydroxyl groups excluding tert-OH is 1. The zero-order valence-electron chi connectivity index (χ0n) is 11.9. The third-order valence-electron chi connectivity index (χ3n) is 3.64. The first kappa shape index (κ1) is 15.5. The topological polar surface area (TPSA) is 71.2 Å². The molecule has 23 heavy (non-hydrogen) atoms. The summed E-state index contributed by atoms with van der Waals surface area (Å²) in [7, 11) is 0. The van der Waals surface area contributed by atoms with E-state index in [1.54, 1.807) is 4.57 Å². The molecule has 1 aliphatic rings. The van der Waals surface area contributed by atoms with Gasteiger partial charge >= 0.3 is 6.18 Å². The Morgan fingerprint density at radius 2 is 1.87 bits per heavy atom. The van der Waals surface area contributed by atoms with E-state index in [1.165, 1.54) is 0 Å². The van der Waals surface area contributed by atoms with Crippen LogP contribution in [0.1, 0.15) is 5.82 Å². The first-order valence-electron chi connectivity index (χ1n) is 6.89. The van der Waals surface area contributed by atoms with Gasteiger partial charge in [-0.05, 0) is 0 Å². The van der Waals surface area contributed by atoms with Crippen molar-refractivity contribution in [1.82, 2.24) is 19.7 Å². The highest BCUT2D eigenvalue weighted by Crippen LogP contribution is 2.25. The predicted molar refractivity (Wildman–Crippen MR) is 72.9 cm³/mol. The molecule has 0 saturated carbocycles. The predicted octanol–water partition coefficient (Wildman–Crippen LogP) is 1.21. The first-order chi connectivity index (χ1) is 10.9. The number of alkyl halides is 3. The van der Waals surface area contributed by atoms with Crippen LogP contribution in [-0.4, -0.2) is 49.5 Å². The van der Waals surface area contributed by atoms with Crippen molar-refractivity contribution in [2.75, 3.05) is 6.54 Å². The normalized spacial score (nSPS) is 16.1. The highest BCUT2D eigenvalue weighted by Gasteiger charge is 2.46. The van der Waals surface area contributed by atoms with Crippen molar-refractivity contribution in [3.63, 3.8) is 0 Å². The average molecular weight is 326 g/mol. The zero-order valence-corrected chi connectivity index (χ0v) is 11.9. The number of amides is 1. The quantitative estimate of drug-likeness (QED) is 0.900. The molecule has 0 spiro atoms. The standard InChI is InChI=1S/C14H13F3N4O2/c15-14(16,17)11(22)13(23)20-6-7-21-10(8-20)18-19-12(21)9-4-2-1-3-5-9/h1-5,11,22H,6-8H2. The molecule has 0 bridgehead atoms. The molecular formula is C14H13F3N4O2. The van der Waals surface area contributed by atoms with Gasteiger partial charge in [0.25, 0.3) is 5.91 Å². The van der Waals surface area contributed by atoms with Gasteiger partial charge in [0, 0.05) is 18.7 Å². The molecular weight excluding hydrogens is 313 g/mol. The first-order valence-corrected chi connectivity index (χ1v) is 6.89. The molecule has 0 saturated heterocycles. The fraction of sp³-hybridized carbons (Fsp3) is 0.357. The summed E-state index contributed by atoms with van der Waals surface area (Å²) in [5.41, 5.74) is 0.835. The van der Waals surface area contributed by atoms with Gasteiger partial charge in [0.05, 0.1) is 6.54 Å². The van der Waals surface area contributed by atoms with Gasteiger partial charge in [-0.1, -0.05) is 30.3 Å². The largest absolute Gasteiger partial charge is 0.423 e. The second-order valence-electron chi connectivity index (χ2n) is 5.16. The van der Waals surface area contributed by atoms with E-state index in [2.05, 4.69) is 10.2 Å². The van der Waals surface area contributed by atoms with Gasteiger partial charge in [-0.2, -0.15) is 13.2 Å². The average Bonchev–Trinajstić information content (AvgIpc) is 2.96. The van der Waals surface area contributed by atoms with Crippen LogP contribution in [0.15, 0.2) is 30.3 Å². The summed E-state index contributed by atoms with van der Waals surface area (Å²) in [4.78, 5) is 12.7. The van der Waals surface area contributed by atoms with Gasteiger partial charge in [0.15, 0.2) is 11.6 Å². The van der Waals surface area contributed by atoms with Gasteiger partial charge in [0.1, 0.15) is 0 Å². The van der Waals surface area contributed by atoms with Crippen molar-refractivity contribution in [2.24, 2.45) is 0 Å². The van der Waals surface area contributed by atoms with E-state index in [0.717, 1.165) is 10.5 Å². The van der Waals surface area contributed by atoms with Crippen LogP contribution in [-0.2, 0) is 17.9 Å². The molecule has 2 heterocycles. The highest BCUT2D eigenvalue weighted by atomic mass is 19.4. The maximum absolute atomic E-state index is 12.4. The van der Waals surface area contributed by atoms with Crippen LogP contribution in [0.25, 0.3) is 11.4 Å². The lowest BCUT2D eigenvalue weighted by Gasteiger charge is -2.30. The molecule has 9 heteroatoms. The molecule has 6 nitrogen and oxygen atoms in total. The Morgan fingerprint density at radius 3 is 2.52 bits per heavy atom. The van der Waals surface area contributed by atoms with Gasteiger partial charge < -0.3 is 14.6 Å². The molecule has 0 radical (unpaired) electrons. The van der Waals surface area contributed by atoms with E-state index < -0.39 is 18.2 Å². The summed E-state index contributed by atoms with van der Waals surface area (Å²) >= 11 is 0. The zero-order chi connectivity index (χ0) is 16.6. The number of rotatable bonds is 2. The van der Waals surface area contributed by atoms with E-state index in [0.29, 0.717) is 11.6 Å². The third-order valence-corrected chi connectivity index (χ3v) is 3.64. The van der Waals surface area contributed by atoms with Gasteiger partial charge in [-0.3, -0.25) is 4.79 Å². The Kier molecular flexibility index (Phi) is 3.80. The number of carbonyl (C=O) groups excluding carboxylic acids is 1. The summed E-state index contributed by atoms with van der Waals surface area (Å²) in [6.45, 7) is 0.200. The van der Waals surface area contributed by atoms with E-state index in [4.69, 9.17) is 5.11 Å². The number of hydrogen-bond donors (Lipinski definition) is 1. The molecule has 1 atom stereocenters. The minimum Gasteiger partial charge on any atom is -0.376 e. The summed E-state index contributed by atoms with van der Waals surface area (Å²) in [6.07, 6.45) is -7.98. The summed E-state index contributed by atoms with van der Waals surface area (Å²) in [5.74, 6) is -0.380. The minimum atomic E-state index is -4.97. The molecule has 122 valence electrons. The van der Waals surface area contributed by atoms with Crippen molar-refractivity contribution in [1.29, 1.82) is 0 Å². The second-order valence-corrected chi connectivity index (χ2v) is 5.16. The number of aromatic nitrogens is 3. The smallest absolute Gasteiger partial charge is 0.376 e. The molecule has 2 aromatic rings. The molecule has 1 aromatic heterocycles. The highest BCUT2D eigenvalue weighted by molar-refractivity contribution is 5.81. The Labute approximate surface area is 129 Å².